The third-order valence-electron chi connectivity index (χ3n) is 2.42. The predicted molar refractivity (Wildman–Crippen MR) is 69.0 cm³/mol. The Labute approximate surface area is 106 Å². The summed E-state index contributed by atoms with van der Waals surface area (Å²) in [7, 11) is 1.67. The minimum atomic E-state index is 0.574. The van der Waals surface area contributed by atoms with Gasteiger partial charge in [0.2, 0.25) is 0 Å². The lowest BCUT2D eigenvalue weighted by Crippen LogP contribution is -1.97. The molecule has 0 radical (unpaired) electrons. The highest BCUT2D eigenvalue weighted by Crippen LogP contribution is 2.17. The second kappa shape index (κ2) is 6.44. The monoisotopic (exact) mass is 242 g/mol. The first-order valence-corrected chi connectivity index (χ1v) is 5.64. The van der Waals surface area contributed by atoms with E-state index in [-0.39, 0.29) is 0 Å². The summed E-state index contributed by atoms with van der Waals surface area (Å²) in [6.07, 6.45) is 5.38. The normalized spacial score (nSPS) is 10.7. The number of nitrogens with zero attached hydrogens (tertiary/aromatic N) is 4. The fourth-order valence-electron chi connectivity index (χ4n) is 1.56. The molecule has 18 heavy (non-hydrogen) atoms. The van der Waals surface area contributed by atoms with E-state index in [4.69, 9.17) is 4.74 Å². The molecule has 5 nitrogen and oxygen atoms in total. The van der Waals surface area contributed by atoms with Crippen LogP contribution in [0.15, 0.2) is 41.9 Å². The molecule has 1 heterocycles. The van der Waals surface area contributed by atoms with E-state index in [1.165, 1.54) is 12.7 Å². The van der Waals surface area contributed by atoms with E-state index in [0.29, 0.717) is 12.4 Å². The van der Waals surface area contributed by atoms with Crippen LogP contribution in [-0.2, 0) is 6.42 Å². The summed E-state index contributed by atoms with van der Waals surface area (Å²) in [5.74, 6) is 1.47. The summed E-state index contributed by atoms with van der Waals surface area (Å²) >= 11 is 0. The minimum absolute atomic E-state index is 0.574. The van der Waals surface area contributed by atoms with E-state index in [1.54, 1.807) is 13.3 Å². The van der Waals surface area contributed by atoms with Gasteiger partial charge in [-0.1, -0.05) is 18.2 Å². The molecule has 92 valence electrons. The van der Waals surface area contributed by atoms with E-state index in [1.807, 2.05) is 24.3 Å². The van der Waals surface area contributed by atoms with Crippen molar-refractivity contribution in [1.29, 1.82) is 0 Å². The number of rotatable bonds is 5. The van der Waals surface area contributed by atoms with E-state index in [2.05, 4.69) is 19.9 Å². The molecule has 0 saturated heterocycles. The Hall–Kier alpha value is -2.30. The average Bonchev–Trinajstić information content (AvgIpc) is 2.45. The number of aromatic nitrogens is 3. The maximum atomic E-state index is 5.28. The number of aliphatic imine (C=N–C) groups is 1. The molecule has 0 aliphatic rings. The first kappa shape index (κ1) is 12.2. The van der Waals surface area contributed by atoms with Crippen molar-refractivity contribution in [3.8, 4) is 5.75 Å². The number of methoxy groups -OCH3 is 1. The number of hydrogen-bond donors (Lipinski definition) is 0. The minimum Gasteiger partial charge on any atom is -0.496 e. The Balaban J connectivity index is 1.91. The van der Waals surface area contributed by atoms with Crippen molar-refractivity contribution < 1.29 is 4.74 Å². The summed E-state index contributed by atoms with van der Waals surface area (Å²) in [5, 5.41) is 0. The summed E-state index contributed by atoms with van der Waals surface area (Å²) in [4.78, 5) is 15.9. The lowest BCUT2D eigenvalue weighted by Gasteiger charge is -2.05. The Morgan fingerprint density at radius 2 is 2.00 bits per heavy atom. The zero-order chi connectivity index (χ0) is 12.6. The summed E-state index contributed by atoms with van der Waals surface area (Å²) in [5.41, 5.74) is 1.15. The standard InChI is InChI=1S/C13H14N4O/c1-18-12-5-3-2-4-11(12)6-7-14-8-13-16-9-15-10-17-13/h2-5,8-10H,6-7H2,1H3. The molecule has 2 rings (SSSR count). The van der Waals surface area contributed by atoms with Crippen LogP contribution in [0.5, 0.6) is 5.75 Å². The maximum absolute atomic E-state index is 5.28. The highest BCUT2D eigenvalue weighted by atomic mass is 16.5. The Morgan fingerprint density at radius 3 is 2.78 bits per heavy atom. The molecule has 0 unspecified atom stereocenters. The predicted octanol–water partition coefficient (Wildman–Crippen LogP) is 1.54. The Morgan fingerprint density at radius 1 is 1.22 bits per heavy atom. The fourth-order valence-corrected chi connectivity index (χ4v) is 1.56. The van der Waals surface area contributed by atoms with Gasteiger partial charge in [0.25, 0.3) is 0 Å². The molecule has 0 spiro atoms. The van der Waals surface area contributed by atoms with Gasteiger partial charge in [0.15, 0.2) is 5.82 Å². The Kier molecular flexibility index (Phi) is 4.35. The number of para-hydroxylation sites is 1. The molecule has 0 fully saturated rings. The molecule has 0 atom stereocenters. The zero-order valence-corrected chi connectivity index (χ0v) is 10.2. The van der Waals surface area contributed by atoms with Crippen LogP contribution in [0.4, 0.5) is 0 Å². The molecule has 0 N–H and O–H groups in total. The van der Waals surface area contributed by atoms with Gasteiger partial charge in [-0.25, -0.2) is 15.0 Å². The van der Waals surface area contributed by atoms with Gasteiger partial charge in [0.1, 0.15) is 18.4 Å². The lowest BCUT2D eigenvalue weighted by atomic mass is 10.1. The summed E-state index contributed by atoms with van der Waals surface area (Å²) < 4.78 is 5.28. The quantitative estimate of drug-likeness (QED) is 0.746. The molecule has 0 saturated carbocycles. The molecule has 2 aromatic rings. The van der Waals surface area contributed by atoms with E-state index in [9.17, 15) is 0 Å². The largest absolute Gasteiger partial charge is 0.496 e. The van der Waals surface area contributed by atoms with Crippen LogP contribution < -0.4 is 4.74 Å². The van der Waals surface area contributed by atoms with Crippen LogP contribution in [-0.4, -0.2) is 34.8 Å². The molecule has 0 aliphatic heterocycles. The van der Waals surface area contributed by atoms with Crippen LogP contribution in [0.3, 0.4) is 0 Å². The van der Waals surface area contributed by atoms with Gasteiger partial charge in [-0.15, -0.1) is 0 Å². The van der Waals surface area contributed by atoms with Gasteiger partial charge in [0.05, 0.1) is 13.3 Å². The number of benzene rings is 1. The first-order valence-electron chi connectivity index (χ1n) is 5.64. The molecule has 0 bridgehead atoms. The zero-order valence-electron chi connectivity index (χ0n) is 10.2. The van der Waals surface area contributed by atoms with Crippen molar-refractivity contribution in [3.05, 3.63) is 48.3 Å². The number of hydrogen-bond acceptors (Lipinski definition) is 5. The van der Waals surface area contributed by atoms with E-state index < -0.39 is 0 Å². The molecule has 5 heteroatoms. The maximum Gasteiger partial charge on any atom is 0.173 e. The van der Waals surface area contributed by atoms with Crippen LogP contribution in [0, 0.1) is 0 Å². The topological polar surface area (TPSA) is 60.3 Å². The van der Waals surface area contributed by atoms with Gasteiger partial charge in [0, 0.05) is 6.54 Å². The fraction of sp³-hybridized carbons (Fsp3) is 0.231. The van der Waals surface area contributed by atoms with Crippen molar-refractivity contribution in [3.63, 3.8) is 0 Å². The van der Waals surface area contributed by atoms with Crippen LogP contribution >= 0.6 is 0 Å². The van der Waals surface area contributed by atoms with Gasteiger partial charge in [-0.3, -0.25) is 4.99 Å². The Bertz CT molecular complexity index is 513. The molecule has 0 amide bonds. The average molecular weight is 242 g/mol. The van der Waals surface area contributed by atoms with Gasteiger partial charge < -0.3 is 4.74 Å². The van der Waals surface area contributed by atoms with Crippen LogP contribution in [0.25, 0.3) is 0 Å². The van der Waals surface area contributed by atoms with Crippen molar-refractivity contribution in [2.75, 3.05) is 13.7 Å². The van der Waals surface area contributed by atoms with Crippen LogP contribution in [0.1, 0.15) is 11.4 Å². The summed E-state index contributed by atoms with van der Waals surface area (Å²) in [6, 6.07) is 7.94. The van der Waals surface area contributed by atoms with Gasteiger partial charge >= 0.3 is 0 Å². The molecule has 0 aliphatic carbocycles. The summed E-state index contributed by atoms with van der Waals surface area (Å²) in [6.45, 7) is 0.673. The smallest absolute Gasteiger partial charge is 0.173 e. The van der Waals surface area contributed by atoms with Crippen molar-refractivity contribution >= 4 is 6.21 Å². The van der Waals surface area contributed by atoms with Crippen molar-refractivity contribution in [1.82, 2.24) is 15.0 Å². The van der Waals surface area contributed by atoms with E-state index >= 15 is 0 Å². The molecule has 1 aromatic carbocycles. The second-order valence-corrected chi connectivity index (χ2v) is 3.59. The number of ether oxygens (including phenoxy) is 1. The van der Waals surface area contributed by atoms with E-state index in [0.717, 1.165) is 17.7 Å². The molecular weight excluding hydrogens is 228 g/mol. The first-order chi connectivity index (χ1) is 8.90. The third-order valence-corrected chi connectivity index (χ3v) is 2.42. The SMILES string of the molecule is COc1ccccc1CCN=Cc1ncncn1. The molecule has 1 aromatic heterocycles. The lowest BCUT2D eigenvalue weighted by molar-refractivity contribution is 0.410. The second-order valence-electron chi connectivity index (χ2n) is 3.59. The highest BCUT2D eigenvalue weighted by Gasteiger charge is 1.99. The van der Waals surface area contributed by atoms with Gasteiger partial charge in [-0.05, 0) is 18.1 Å². The van der Waals surface area contributed by atoms with Crippen molar-refractivity contribution in [2.24, 2.45) is 4.99 Å². The van der Waals surface area contributed by atoms with Crippen molar-refractivity contribution in [2.45, 2.75) is 6.42 Å². The third kappa shape index (κ3) is 3.35. The van der Waals surface area contributed by atoms with Gasteiger partial charge in [-0.2, -0.15) is 0 Å². The van der Waals surface area contributed by atoms with Crippen LogP contribution in [0.2, 0.25) is 0 Å². The molecular formula is C13H14N4O. The highest BCUT2D eigenvalue weighted by molar-refractivity contribution is 5.73.